The van der Waals surface area contributed by atoms with Gasteiger partial charge in [-0.05, 0) is 0 Å². The van der Waals surface area contributed by atoms with Crippen LogP contribution in [0, 0.1) is 57.2 Å². The van der Waals surface area contributed by atoms with Gasteiger partial charge in [-0.1, -0.05) is 20.8 Å². The summed E-state index contributed by atoms with van der Waals surface area (Å²) in [6.45, 7) is 6.18. The molecule has 0 fully saturated rings. The average Bonchev–Trinajstić information content (AvgIpc) is 2.69. The van der Waals surface area contributed by atoms with E-state index in [1.807, 2.05) is 18.2 Å². The number of hydrogen-bond acceptors (Lipinski definition) is 0. The van der Waals surface area contributed by atoms with Crippen LogP contribution in [0.5, 0.6) is 0 Å². The molecule has 0 nitrogen and oxygen atoms in total. The smallest absolute Gasteiger partial charge is 0 e. The Morgan fingerprint density at radius 2 is 0.700 bits per heavy atom. The maximum Gasteiger partial charge on any atom is 0 e. The van der Waals surface area contributed by atoms with Gasteiger partial charge in [0.1, 0.15) is 0 Å². The van der Waals surface area contributed by atoms with E-state index >= 15 is 0 Å². The van der Waals surface area contributed by atoms with Crippen molar-refractivity contribution in [3.8, 4) is 33.4 Å². The largest absolute Gasteiger partial charge is 0.457 e. The Hall–Kier alpha value is 0.192. The first kappa shape index (κ1) is 28.2. The quantitative estimate of drug-likeness (QED) is 0.236. The van der Waals surface area contributed by atoms with E-state index in [0.29, 0.717) is 0 Å². The summed E-state index contributed by atoms with van der Waals surface area (Å²) in [6.07, 6.45) is 0. The Bertz CT molecular complexity index is 911. The van der Waals surface area contributed by atoms with Crippen LogP contribution in [0.25, 0.3) is 33.4 Å². The minimum atomic E-state index is 0. The molecule has 0 bridgehead atoms. The van der Waals surface area contributed by atoms with Crippen LogP contribution in [-0.4, -0.2) is 0 Å². The Morgan fingerprint density at radius 1 is 0.433 bits per heavy atom. The van der Waals surface area contributed by atoms with Crippen molar-refractivity contribution in [1.82, 2.24) is 0 Å². The molecule has 141 valence electrons. The van der Waals surface area contributed by atoms with E-state index in [-0.39, 0.29) is 98.1 Å². The summed E-state index contributed by atoms with van der Waals surface area (Å²) in [5.74, 6) is 0. The molecule has 3 heteroatoms. The van der Waals surface area contributed by atoms with Gasteiger partial charge in [-0.3, -0.25) is 12.1 Å². The predicted molar refractivity (Wildman–Crippen MR) is 110 cm³/mol. The number of hydrogen-bond donors (Lipinski definition) is 0. The first-order valence-corrected chi connectivity index (χ1v) is 8.96. The molecule has 0 aliphatic heterocycles. The topological polar surface area (TPSA) is 0 Å². The maximum absolute atomic E-state index is 3.45. The fourth-order valence-electron chi connectivity index (χ4n) is 2.85. The number of benzene rings is 4. The van der Waals surface area contributed by atoms with Crippen LogP contribution < -0.4 is 0 Å². The van der Waals surface area contributed by atoms with Crippen LogP contribution in [0.1, 0.15) is 16.7 Å². The molecule has 0 amide bonds. The van der Waals surface area contributed by atoms with Crippen LogP contribution >= 0.6 is 0 Å². The third-order valence-electron chi connectivity index (χ3n) is 4.46. The molecular formula is C27H18Y3-6. The molecule has 30 heavy (non-hydrogen) atoms. The van der Waals surface area contributed by atoms with E-state index in [1.54, 1.807) is 0 Å². The Kier molecular flexibility index (Phi) is 12.3. The minimum Gasteiger partial charge on any atom is -0.457 e. The standard InChI is InChI=1S/C27H18.3Y/c1-19-4-10-22(11-5-19)25-16-26(23-12-6-20(2)7-13-23)18-27(17-25)24-14-8-21(3)9-15-24;;;/h4-10,12,14H,1-3H3;;;/q-6;;;. The second-order valence-corrected chi connectivity index (χ2v) is 6.84. The summed E-state index contributed by atoms with van der Waals surface area (Å²) >= 11 is 0. The molecule has 4 aromatic carbocycles. The summed E-state index contributed by atoms with van der Waals surface area (Å²) in [7, 11) is 0. The van der Waals surface area contributed by atoms with Crippen LogP contribution in [0.15, 0.2) is 54.6 Å². The van der Waals surface area contributed by atoms with Crippen molar-refractivity contribution in [1.29, 1.82) is 0 Å². The van der Waals surface area contributed by atoms with Crippen LogP contribution in [0.2, 0.25) is 0 Å². The van der Waals surface area contributed by atoms with Crippen molar-refractivity contribution in [2.24, 2.45) is 0 Å². The molecule has 0 atom stereocenters. The molecule has 0 heterocycles. The van der Waals surface area contributed by atoms with Crippen molar-refractivity contribution in [2.75, 3.05) is 0 Å². The Morgan fingerprint density at radius 3 is 0.900 bits per heavy atom. The first-order chi connectivity index (χ1) is 13.1. The zero-order chi connectivity index (χ0) is 18.8. The van der Waals surface area contributed by atoms with E-state index in [1.165, 1.54) is 16.7 Å². The van der Waals surface area contributed by atoms with Gasteiger partial charge >= 0.3 is 0 Å². The molecule has 0 unspecified atom stereocenters. The summed E-state index contributed by atoms with van der Waals surface area (Å²) in [6, 6.07) is 38.7. The normalized spacial score (nSPS) is 9.70. The van der Waals surface area contributed by atoms with E-state index in [0.717, 1.165) is 33.4 Å². The summed E-state index contributed by atoms with van der Waals surface area (Å²) in [4.78, 5) is 0. The molecule has 0 spiro atoms. The van der Waals surface area contributed by atoms with Gasteiger partial charge in [0, 0.05) is 98.1 Å². The molecule has 4 aromatic rings. The number of rotatable bonds is 3. The molecule has 0 aliphatic carbocycles. The van der Waals surface area contributed by atoms with E-state index < -0.39 is 0 Å². The van der Waals surface area contributed by atoms with Gasteiger partial charge in [0.15, 0.2) is 0 Å². The molecule has 4 rings (SSSR count). The molecule has 0 aliphatic rings. The molecule has 3 radical (unpaired) electrons. The second-order valence-electron chi connectivity index (χ2n) is 6.84. The Balaban J connectivity index is 0.00000150. The van der Waals surface area contributed by atoms with Gasteiger partial charge in [-0.25, -0.2) is 12.1 Å². The molecule has 0 N–H and O–H groups in total. The number of aryl methyl sites for hydroxylation is 3. The van der Waals surface area contributed by atoms with Crippen LogP contribution in [-0.2, 0) is 98.1 Å². The minimum absolute atomic E-state index is 0. The third-order valence-corrected chi connectivity index (χ3v) is 4.46. The van der Waals surface area contributed by atoms with Gasteiger partial charge in [0.25, 0.3) is 0 Å². The summed E-state index contributed by atoms with van der Waals surface area (Å²) in [5.41, 5.74) is 9.08. The SMILES string of the molecule is Cc1c[c-]c(-c2[c-]c(-c3[c-]cc(C)cc3)[c-]c(-c3[c-]cc(C)cc3)[c-]2)cc1.[Y].[Y].[Y]. The van der Waals surface area contributed by atoms with Crippen LogP contribution in [0.3, 0.4) is 0 Å². The third kappa shape index (κ3) is 7.10. The average molecular weight is 609 g/mol. The van der Waals surface area contributed by atoms with Crippen molar-refractivity contribution in [3.05, 3.63) is 108 Å². The fourth-order valence-corrected chi connectivity index (χ4v) is 2.85. The van der Waals surface area contributed by atoms with Gasteiger partial charge in [0.05, 0.1) is 0 Å². The van der Waals surface area contributed by atoms with E-state index in [9.17, 15) is 0 Å². The van der Waals surface area contributed by atoms with E-state index in [4.69, 9.17) is 0 Å². The molecule has 0 saturated heterocycles. The summed E-state index contributed by atoms with van der Waals surface area (Å²) < 4.78 is 0. The van der Waals surface area contributed by atoms with Crippen molar-refractivity contribution in [2.45, 2.75) is 20.8 Å². The van der Waals surface area contributed by atoms with Crippen molar-refractivity contribution in [3.63, 3.8) is 0 Å². The molecule has 0 aromatic heterocycles. The van der Waals surface area contributed by atoms with Crippen molar-refractivity contribution < 1.29 is 98.1 Å². The predicted octanol–water partition coefficient (Wildman–Crippen LogP) is 6.41. The van der Waals surface area contributed by atoms with Crippen LogP contribution in [0.4, 0.5) is 0 Å². The molecular weight excluding hydrogens is 591 g/mol. The fraction of sp³-hybridized carbons (Fsp3) is 0.111. The van der Waals surface area contributed by atoms with E-state index in [2.05, 4.69) is 93.6 Å². The van der Waals surface area contributed by atoms with Gasteiger partial charge in [0.2, 0.25) is 0 Å². The monoisotopic (exact) mass is 609 g/mol. The maximum atomic E-state index is 3.45. The van der Waals surface area contributed by atoms with Crippen molar-refractivity contribution >= 4 is 0 Å². The zero-order valence-corrected chi connectivity index (χ0v) is 25.9. The zero-order valence-electron chi connectivity index (χ0n) is 17.4. The summed E-state index contributed by atoms with van der Waals surface area (Å²) in [5, 5.41) is 0. The van der Waals surface area contributed by atoms with Gasteiger partial charge < -0.3 is 46.0 Å². The molecule has 0 saturated carbocycles. The Labute approximate surface area is 256 Å². The van der Waals surface area contributed by atoms with Gasteiger partial charge in [-0.2, -0.15) is 29.8 Å². The van der Waals surface area contributed by atoms with Gasteiger partial charge in [-0.15, -0.1) is 41.0 Å². The second kappa shape index (κ2) is 13.0. The first-order valence-electron chi connectivity index (χ1n) is 8.96.